The molecule has 3 aromatic rings. The number of carboxylic acid groups (broad SMARTS) is 1. The molecule has 0 aliphatic carbocycles. The highest BCUT2D eigenvalue weighted by atomic mass is 32.2. The number of nitrogens with two attached hydrogens (primary N) is 1. The minimum atomic E-state index is -3.67. The Morgan fingerprint density at radius 1 is 1.23 bits per heavy atom. The molecule has 0 bridgehead atoms. The molecule has 0 atom stereocenters. The number of aromatic carboxylic acids is 1. The van der Waals surface area contributed by atoms with Crippen LogP contribution in [0.15, 0.2) is 59.3 Å². The van der Waals surface area contributed by atoms with Crippen LogP contribution in [0.2, 0.25) is 0 Å². The summed E-state index contributed by atoms with van der Waals surface area (Å²) in [6.07, 6.45) is 1.28. The van der Waals surface area contributed by atoms with Crippen LogP contribution in [0.4, 0.5) is 4.39 Å². The Morgan fingerprint density at radius 2 is 1.94 bits per heavy atom. The number of hydrogen-bond acceptors (Lipinski definition) is 4. The first-order chi connectivity index (χ1) is 14.6. The maximum atomic E-state index is 14.3. The zero-order valence-corrected chi connectivity index (χ0v) is 18.3. The van der Waals surface area contributed by atoms with E-state index in [-0.39, 0.29) is 23.5 Å². The molecule has 0 amide bonds. The molecule has 1 heterocycles. The Morgan fingerprint density at radius 3 is 2.55 bits per heavy atom. The van der Waals surface area contributed by atoms with E-state index in [0.717, 1.165) is 4.31 Å². The summed E-state index contributed by atoms with van der Waals surface area (Å²) >= 11 is 0. The van der Waals surface area contributed by atoms with Gasteiger partial charge in [-0.25, -0.2) is 21.9 Å². The van der Waals surface area contributed by atoms with Crippen molar-refractivity contribution in [3.05, 3.63) is 65.6 Å². The van der Waals surface area contributed by atoms with E-state index in [1.807, 2.05) is 0 Å². The molecule has 0 aliphatic rings. The zero-order valence-electron chi connectivity index (χ0n) is 17.5. The van der Waals surface area contributed by atoms with E-state index in [9.17, 15) is 22.7 Å². The van der Waals surface area contributed by atoms with Gasteiger partial charge in [0.25, 0.3) is 0 Å². The lowest BCUT2D eigenvalue weighted by molar-refractivity contribution is 0.0697. The van der Waals surface area contributed by atoms with Gasteiger partial charge in [0.05, 0.1) is 17.0 Å². The summed E-state index contributed by atoms with van der Waals surface area (Å²) < 4.78 is 42.4. The van der Waals surface area contributed by atoms with Gasteiger partial charge < -0.3 is 15.4 Å². The highest BCUT2D eigenvalue weighted by Crippen LogP contribution is 2.37. The number of carboxylic acids is 1. The van der Waals surface area contributed by atoms with E-state index in [1.54, 1.807) is 35.8 Å². The number of allylic oxidation sites excluding steroid dienone is 1. The molecule has 164 valence electrons. The van der Waals surface area contributed by atoms with Gasteiger partial charge in [0, 0.05) is 42.8 Å². The van der Waals surface area contributed by atoms with Gasteiger partial charge in [0.15, 0.2) is 0 Å². The Kier molecular flexibility index (Phi) is 6.30. The predicted molar refractivity (Wildman–Crippen MR) is 118 cm³/mol. The Balaban J connectivity index is 2.32. The number of aromatic nitrogens is 1. The molecular formula is C22H24FN3O4S. The van der Waals surface area contributed by atoms with Crippen LogP contribution in [0.3, 0.4) is 0 Å². The van der Waals surface area contributed by atoms with Crippen LogP contribution < -0.4 is 5.73 Å². The van der Waals surface area contributed by atoms with E-state index in [2.05, 4.69) is 0 Å². The summed E-state index contributed by atoms with van der Waals surface area (Å²) in [6.45, 7) is 1.78. The number of carbonyl (C=O) groups is 1. The first-order valence-electron chi connectivity index (χ1n) is 9.51. The second kappa shape index (κ2) is 8.62. The standard InChI is InChI=1S/C22H24FN3O4S/c1-14-21(15-5-4-6-18(11-15)31(29,30)25(2)3)19-12-16(22(27)28)7-8-20(19)26(14)13-17(23)9-10-24/h4-9,11-12H,10,13,24H2,1-3H3,(H,27,28)/b17-9-. The van der Waals surface area contributed by atoms with Gasteiger partial charge in [-0.15, -0.1) is 0 Å². The zero-order chi connectivity index (χ0) is 22.9. The summed E-state index contributed by atoms with van der Waals surface area (Å²) in [6, 6.07) is 11.0. The molecule has 0 saturated carbocycles. The molecule has 7 nitrogen and oxygen atoms in total. The van der Waals surface area contributed by atoms with Gasteiger partial charge in [-0.1, -0.05) is 12.1 Å². The van der Waals surface area contributed by atoms with E-state index < -0.39 is 21.8 Å². The average molecular weight is 446 g/mol. The Labute approximate surface area is 180 Å². The van der Waals surface area contributed by atoms with Crippen LogP contribution in [-0.4, -0.2) is 49.0 Å². The monoisotopic (exact) mass is 445 g/mol. The second-order valence-electron chi connectivity index (χ2n) is 7.29. The number of hydrogen-bond donors (Lipinski definition) is 2. The number of halogens is 1. The second-order valence-corrected chi connectivity index (χ2v) is 9.44. The molecule has 0 saturated heterocycles. The summed E-state index contributed by atoms with van der Waals surface area (Å²) in [5, 5.41) is 10.0. The van der Waals surface area contributed by atoms with Crippen LogP contribution in [-0.2, 0) is 16.6 Å². The third kappa shape index (κ3) is 4.25. The van der Waals surface area contributed by atoms with Crippen molar-refractivity contribution in [3.8, 4) is 11.1 Å². The molecule has 2 aromatic carbocycles. The van der Waals surface area contributed by atoms with Crippen LogP contribution in [0.25, 0.3) is 22.0 Å². The van der Waals surface area contributed by atoms with E-state index >= 15 is 0 Å². The Hall–Kier alpha value is -3.01. The molecule has 0 fully saturated rings. The molecule has 3 rings (SSSR count). The normalized spacial score (nSPS) is 12.6. The smallest absolute Gasteiger partial charge is 0.335 e. The summed E-state index contributed by atoms with van der Waals surface area (Å²) in [7, 11) is -0.767. The minimum Gasteiger partial charge on any atom is -0.478 e. The number of sulfonamides is 1. The molecule has 0 spiro atoms. The van der Waals surface area contributed by atoms with Gasteiger partial charge in [-0.3, -0.25) is 0 Å². The lowest BCUT2D eigenvalue weighted by Crippen LogP contribution is -2.22. The average Bonchev–Trinajstić information content (AvgIpc) is 2.99. The fourth-order valence-electron chi connectivity index (χ4n) is 3.55. The fourth-order valence-corrected chi connectivity index (χ4v) is 4.50. The fraction of sp³-hybridized carbons (Fsp3) is 0.227. The van der Waals surface area contributed by atoms with E-state index in [0.29, 0.717) is 27.7 Å². The van der Waals surface area contributed by atoms with Crippen molar-refractivity contribution in [3.63, 3.8) is 0 Å². The van der Waals surface area contributed by atoms with Crippen LogP contribution in [0.5, 0.6) is 0 Å². The van der Waals surface area contributed by atoms with Gasteiger partial charge in [-0.05, 0) is 48.9 Å². The highest BCUT2D eigenvalue weighted by Gasteiger charge is 2.21. The Bertz CT molecular complexity index is 1290. The molecular weight excluding hydrogens is 421 g/mol. The number of nitrogens with zero attached hydrogens (tertiary/aromatic N) is 2. The van der Waals surface area contributed by atoms with E-state index in [4.69, 9.17) is 5.73 Å². The summed E-state index contributed by atoms with van der Waals surface area (Å²) in [4.78, 5) is 11.6. The quantitative estimate of drug-likeness (QED) is 0.580. The van der Waals surface area contributed by atoms with Gasteiger partial charge in [0.1, 0.15) is 5.83 Å². The van der Waals surface area contributed by atoms with Crippen molar-refractivity contribution >= 4 is 26.9 Å². The molecule has 1 aromatic heterocycles. The van der Waals surface area contributed by atoms with Crippen LogP contribution >= 0.6 is 0 Å². The first-order valence-corrected chi connectivity index (χ1v) is 11.0. The highest BCUT2D eigenvalue weighted by molar-refractivity contribution is 7.89. The maximum absolute atomic E-state index is 14.3. The number of fused-ring (bicyclic) bond motifs is 1. The van der Waals surface area contributed by atoms with Crippen molar-refractivity contribution in [1.29, 1.82) is 0 Å². The third-order valence-corrected chi connectivity index (χ3v) is 6.93. The van der Waals surface area contributed by atoms with Crippen molar-refractivity contribution in [2.24, 2.45) is 5.73 Å². The number of rotatable bonds is 7. The lowest BCUT2D eigenvalue weighted by Gasteiger charge is -2.13. The van der Waals surface area contributed by atoms with Crippen LogP contribution in [0, 0.1) is 6.92 Å². The molecule has 9 heteroatoms. The van der Waals surface area contributed by atoms with Crippen molar-refractivity contribution < 1.29 is 22.7 Å². The van der Waals surface area contributed by atoms with Gasteiger partial charge in [0.2, 0.25) is 10.0 Å². The van der Waals surface area contributed by atoms with Crippen molar-refractivity contribution in [2.75, 3.05) is 20.6 Å². The summed E-state index contributed by atoms with van der Waals surface area (Å²) in [5.74, 6) is -1.50. The molecule has 31 heavy (non-hydrogen) atoms. The first kappa shape index (κ1) is 22.7. The van der Waals surface area contributed by atoms with Gasteiger partial charge >= 0.3 is 5.97 Å². The maximum Gasteiger partial charge on any atom is 0.335 e. The summed E-state index contributed by atoms with van der Waals surface area (Å²) in [5.41, 5.74) is 8.05. The van der Waals surface area contributed by atoms with Crippen molar-refractivity contribution in [1.82, 2.24) is 8.87 Å². The SMILES string of the molecule is Cc1c(-c2cccc(S(=O)(=O)N(C)C)c2)c2cc(C(=O)O)ccc2n1C/C(F)=C/CN. The molecule has 0 unspecified atom stereocenters. The largest absolute Gasteiger partial charge is 0.478 e. The third-order valence-electron chi connectivity index (χ3n) is 5.12. The van der Waals surface area contributed by atoms with Crippen molar-refractivity contribution in [2.45, 2.75) is 18.4 Å². The molecule has 3 N–H and O–H groups in total. The predicted octanol–water partition coefficient (Wildman–Crippen LogP) is 3.38. The lowest BCUT2D eigenvalue weighted by atomic mass is 10.0. The topological polar surface area (TPSA) is 106 Å². The molecule has 0 aliphatic heterocycles. The number of benzene rings is 2. The van der Waals surface area contributed by atoms with E-state index in [1.165, 1.54) is 38.4 Å². The molecule has 0 radical (unpaired) electrons. The van der Waals surface area contributed by atoms with Gasteiger partial charge in [-0.2, -0.15) is 0 Å². The minimum absolute atomic E-state index is 0.0601. The van der Waals surface area contributed by atoms with Crippen LogP contribution in [0.1, 0.15) is 16.1 Å².